The fourth-order valence-corrected chi connectivity index (χ4v) is 3.00. The second-order valence-electron chi connectivity index (χ2n) is 5.65. The molecule has 2 aromatic heterocycles. The molecule has 1 aliphatic rings. The number of alkyl halides is 3. The number of aromatic nitrogens is 3. The van der Waals surface area contributed by atoms with Gasteiger partial charge in [0.25, 0.3) is 5.91 Å². The fourth-order valence-electron chi connectivity index (χ4n) is 2.76. The van der Waals surface area contributed by atoms with E-state index in [1.165, 1.54) is 11.9 Å². The van der Waals surface area contributed by atoms with Gasteiger partial charge in [0, 0.05) is 45.6 Å². The lowest BCUT2D eigenvalue weighted by atomic mass is 10.2. The number of carbonyl (C=O) groups excluding carboxylic acids is 1. The van der Waals surface area contributed by atoms with Crippen molar-refractivity contribution in [1.82, 2.24) is 19.7 Å². The first kappa shape index (κ1) is 17.5. The first-order valence-electron chi connectivity index (χ1n) is 7.53. The Hall–Kier alpha value is -2.29. The summed E-state index contributed by atoms with van der Waals surface area (Å²) in [6, 6.07) is 3.43. The number of anilines is 1. The Kier molecular flexibility index (Phi) is 4.59. The van der Waals surface area contributed by atoms with Crippen LogP contribution >= 0.6 is 11.6 Å². The Morgan fingerprint density at radius 2 is 1.92 bits per heavy atom. The Morgan fingerprint density at radius 3 is 2.52 bits per heavy atom. The number of hydrogen-bond acceptors (Lipinski definition) is 4. The van der Waals surface area contributed by atoms with E-state index in [0.717, 1.165) is 10.9 Å². The van der Waals surface area contributed by atoms with Gasteiger partial charge >= 0.3 is 6.18 Å². The van der Waals surface area contributed by atoms with Gasteiger partial charge in [-0.05, 0) is 12.1 Å². The van der Waals surface area contributed by atoms with Crippen LogP contribution in [0.4, 0.5) is 19.0 Å². The Bertz CT molecular complexity index is 784. The molecule has 25 heavy (non-hydrogen) atoms. The highest BCUT2D eigenvalue weighted by Crippen LogP contribution is 2.31. The zero-order chi connectivity index (χ0) is 18.2. The molecule has 1 fully saturated rings. The summed E-state index contributed by atoms with van der Waals surface area (Å²) in [5.74, 6) is -0.0687. The minimum Gasteiger partial charge on any atom is -0.352 e. The van der Waals surface area contributed by atoms with Gasteiger partial charge < -0.3 is 9.80 Å². The smallest absolute Gasteiger partial charge is 0.352 e. The summed E-state index contributed by atoms with van der Waals surface area (Å²) >= 11 is 6.11. The lowest BCUT2D eigenvalue weighted by molar-refractivity contribution is -0.141. The third kappa shape index (κ3) is 3.55. The number of rotatable bonds is 2. The highest BCUT2D eigenvalue weighted by atomic mass is 35.5. The Morgan fingerprint density at radius 1 is 1.24 bits per heavy atom. The molecule has 0 radical (unpaired) electrons. The second-order valence-corrected chi connectivity index (χ2v) is 6.06. The lowest BCUT2D eigenvalue weighted by Gasteiger charge is -2.35. The number of nitrogens with zero attached hydrogens (tertiary/aromatic N) is 5. The van der Waals surface area contributed by atoms with Crippen molar-refractivity contribution in [2.75, 3.05) is 31.1 Å². The molecule has 0 saturated carbocycles. The molecular formula is C15H15ClF3N5O. The van der Waals surface area contributed by atoms with E-state index in [2.05, 4.69) is 10.1 Å². The summed E-state index contributed by atoms with van der Waals surface area (Å²) in [6.07, 6.45) is -1.95. The van der Waals surface area contributed by atoms with Gasteiger partial charge in [0.15, 0.2) is 5.69 Å². The van der Waals surface area contributed by atoms with Crippen LogP contribution in [0.25, 0.3) is 0 Å². The highest BCUT2D eigenvalue weighted by Gasteiger charge is 2.40. The SMILES string of the molecule is Cn1cc(C(=O)N2CCN(c3ncccc3Cl)CC2)c(C(F)(F)F)n1. The van der Waals surface area contributed by atoms with E-state index in [-0.39, 0.29) is 13.1 Å². The van der Waals surface area contributed by atoms with Gasteiger partial charge in [0.05, 0.1) is 10.6 Å². The van der Waals surface area contributed by atoms with Crippen LogP contribution in [0.1, 0.15) is 16.1 Å². The van der Waals surface area contributed by atoms with Gasteiger partial charge in [0.1, 0.15) is 5.82 Å². The van der Waals surface area contributed by atoms with Gasteiger partial charge in [-0.2, -0.15) is 18.3 Å². The summed E-state index contributed by atoms with van der Waals surface area (Å²) in [6.45, 7) is 1.42. The molecule has 3 rings (SSSR count). The molecule has 10 heteroatoms. The second kappa shape index (κ2) is 6.55. The quantitative estimate of drug-likeness (QED) is 0.811. The number of piperazine rings is 1. The number of aryl methyl sites for hydroxylation is 1. The number of halogens is 4. The van der Waals surface area contributed by atoms with Crippen LogP contribution in [-0.2, 0) is 13.2 Å². The van der Waals surface area contributed by atoms with Crippen molar-refractivity contribution in [1.29, 1.82) is 0 Å². The Labute approximate surface area is 146 Å². The largest absolute Gasteiger partial charge is 0.435 e. The van der Waals surface area contributed by atoms with Crippen LogP contribution in [0.15, 0.2) is 24.5 Å². The average Bonchev–Trinajstić information content (AvgIpc) is 2.97. The third-order valence-corrected chi connectivity index (χ3v) is 4.23. The number of pyridine rings is 1. The molecule has 0 bridgehead atoms. The first-order chi connectivity index (χ1) is 11.8. The molecule has 2 aromatic rings. The molecule has 0 aromatic carbocycles. The molecule has 3 heterocycles. The molecule has 1 amide bonds. The summed E-state index contributed by atoms with van der Waals surface area (Å²) in [5.41, 5.74) is -1.59. The number of amides is 1. The van der Waals surface area contributed by atoms with Crippen molar-refractivity contribution in [2.24, 2.45) is 7.05 Å². The van der Waals surface area contributed by atoms with Gasteiger partial charge in [-0.25, -0.2) is 4.98 Å². The third-order valence-electron chi connectivity index (χ3n) is 3.93. The summed E-state index contributed by atoms with van der Waals surface area (Å²) in [5, 5.41) is 3.87. The summed E-state index contributed by atoms with van der Waals surface area (Å²) in [4.78, 5) is 20.0. The van der Waals surface area contributed by atoms with E-state index in [1.54, 1.807) is 18.3 Å². The zero-order valence-electron chi connectivity index (χ0n) is 13.3. The molecule has 0 spiro atoms. The minimum atomic E-state index is -4.67. The van der Waals surface area contributed by atoms with Gasteiger partial charge in [0.2, 0.25) is 0 Å². The molecule has 1 aliphatic heterocycles. The van der Waals surface area contributed by atoms with Crippen LogP contribution in [0, 0.1) is 0 Å². The van der Waals surface area contributed by atoms with Gasteiger partial charge in [-0.1, -0.05) is 11.6 Å². The van der Waals surface area contributed by atoms with Crippen LogP contribution in [0.3, 0.4) is 0 Å². The highest BCUT2D eigenvalue weighted by molar-refractivity contribution is 6.32. The normalized spacial score (nSPS) is 15.6. The van der Waals surface area contributed by atoms with E-state index in [4.69, 9.17) is 11.6 Å². The number of hydrogen-bond donors (Lipinski definition) is 0. The molecule has 134 valence electrons. The summed E-state index contributed by atoms with van der Waals surface area (Å²) < 4.78 is 40.1. The topological polar surface area (TPSA) is 54.3 Å². The maximum absolute atomic E-state index is 13.0. The molecular weight excluding hydrogens is 359 g/mol. The standard InChI is InChI=1S/C15H15ClF3N5O/c1-22-9-10(12(21-22)15(17,18)19)14(25)24-7-5-23(6-8-24)13-11(16)3-2-4-20-13/h2-4,9H,5-8H2,1H3. The predicted molar refractivity (Wildman–Crippen MR) is 85.6 cm³/mol. The van der Waals surface area contributed by atoms with Gasteiger partial charge in [-0.15, -0.1) is 0 Å². The average molecular weight is 374 g/mol. The van der Waals surface area contributed by atoms with E-state index in [9.17, 15) is 18.0 Å². The van der Waals surface area contributed by atoms with Crippen LogP contribution < -0.4 is 4.90 Å². The summed E-state index contributed by atoms with van der Waals surface area (Å²) in [7, 11) is 1.35. The first-order valence-corrected chi connectivity index (χ1v) is 7.90. The number of carbonyl (C=O) groups is 1. The van der Waals surface area contributed by atoms with E-state index in [0.29, 0.717) is 23.9 Å². The van der Waals surface area contributed by atoms with Crippen molar-refractivity contribution in [2.45, 2.75) is 6.18 Å². The molecule has 0 atom stereocenters. The maximum atomic E-state index is 13.0. The van der Waals surface area contributed by atoms with E-state index in [1.807, 2.05) is 4.90 Å². The van der Waals surface area contributed by atoms with Crippen molar-refractivity contribution in [3.05, 3.63) is 40.8 Å². The van der Waals surface area contributed by atoms with Crippen LogP contribution in [0.5, 0.6) is 0 Å². The fraction of sp³-hybridized carbons (Fsp3) is 0.400. The predicted octanol–water partition coefficient (Wildman–Crippen LogP) is 2.45. The van der Waals surface area contributed by atoms with Crippen molar-refractivity contribution in [3.63, 3.8) is 0 Å². The Balaban J connectivity index is 1.74. The minimum absolute atomic E-state index is 0.276. The lowest BCUT2D eigenvalue weighted by Crippen LogP contribution is -2.49. The van der Waals surface area contributed by atoms with Crippen molar-refractivity contribution in [3.8, 4) is 0 Å². The molecule has 6 nitrogen and oxygen atoms in total. The van der Waals surface area contributed by atoms with Crippen LogP contribution in [-0.4, -0.2) is 51.8 Å². The molecule has 0 aliphatic carbocycles. The van der Waals surface area contributed by atoms with Gasteiger partial charge in [-0.3, -0.25) is 9.48 Å². The van der Waals surface area contributed by atoms with Crippen molar-refractivity contribution >= 4 is 23.3 Å². The zero-order valence-corrected chi connectivity index (χ0v) is 14.0. The van der Waals surface area contributed by atoms with E-state index < -0.39 is 23.3 Å². The van der Waals surface area contributed by atoms with Crippen LogP contribution in [0.2, 0.25) is 5.02 Å². The van der Waals surface area contributed by atoms with E-state index >= 15 is 0 Å². The maximum Gasteiger partial charge on any atom is 0.435 e. The monoisotopic (exact) mass is 373 g/mol. The molecule has 0 N–H and O–H groups in total. The molecule has 1 saturated heterocycles. The van der Waals surface area contributed by atoms with Crippen molar-refractivity contribution < 1.29 is 18.0 Å². The molecule has 0 unspecified atom stereocenters.